The van der Waals surface area contributed by atoms with Crippen LogP contribution in [0.4, 0.5) is 13.2 Å². The van der Waals surface area contributed by atoms with Gasteiger partial charge in [0.05, 0.1) is 5.56 Å². The summed E-state index contributed by atoms with van der Waals surface area (Å²) in [5.41, 5.74) is 0.0504. The van der Waals surface area contributed by atoms with Crippen LogP contribution in [0.3, 0.4) is 0 Å². The van der Waals surface area contributed by atoms with E-state index in [1.54, 1.807) is 6.07 Å². The maximum Gasteiger partial charge on any atom is 0.385 e. The molecular formula is C15H21F3O. The average molecular weight is 274 g/mol. The van der Waals surface area contributed by atoms with E-state index in [2.05, 4.69) is 11.7 Å². The van der Waals surface area contributed by atoms with Gasteiger partial charge in [-0.3, -0.25) is 0 Å². The molecule has 4 heteroatoms. The maximum atomic E-state index is 13.6. The van der Waals surface area contributed by atoms with Crippen LogP contribution in [0, 0.1) is 5.82 Å². The molecule has 0 aromatic heterocycles. The molecule has 0 unspecified atom stereocenters. The van der Waals surface area contributed by atoms with Gasteiger partial charge in [0.25, 0.3) is 0 Å². The molecule has 0 fully saturated rings. The fraction of sp³-hybridized carbons (Fsp3) is 0.600. The summed E-state index contributed by atoms with van der Waals surface area (Å²) in [5, 5.41) is 0. The Hall–Kier alpha value is -1.03. The molecule has 1 aromatic rings. The van der Waals surface area contributed by atoms with Crippen molar-refractivity contribution in [2.45, 2.75) is 51.6 Å². The molecule has 0 aliphatic carbocycles. The molecule has 0 radical (unpaired) electrons. The number of halogens is 3. The zero-order chi connectivity index (χ0) is 14.3. The highest BCUT2D eigenvalue weighted by atomic mass is 19.3. The van der Waals surface area contributed by atoms with Gasteiger partial charge in [0.1, 0.15) is 5.82 Å². The number of alkyl halides is 2. The van der Waals surface area contributed by atoms with E-state index < -0.39 is 17.5 Å². The highest BCUT2D eigenvalue weighted by molar-refractivity contribution is 5.26. The summed E-state index contributed by atoms with van der Waals surface area (Å²) < 4.78 is 44.0. The Morgan fingerprint density at radius 3 is 2.37 bits per heavy atom. The van der Waals surface area contributed by atoms with Crippen molar-refractivity contribution in [2.24, 2.45) is 0 Å². The predicted octanol–water partition coefficient (Wildman–Crippen LogP) is 5.03. The summed E-state index contributed by atoms with van der Waals surface area (Å²) in [6, 6.07) is 3.84. The van der Waals surface area contributed by atoms with Crippen molar-refractivity contribution in [3.8, 4) is 0 Å². The number of unbranched alkanes of at least 4 members (excludes halogenated alkanes) is 4. The van der Waals surface area contributed by atoms with Crippen molar-refractivity contribution in [1.82, 2.24) is 0 Å². The molecule has 0 bridgehead atoms. The molecule has 0 saturated carbocycles. The van der Waals surface area contributed by atoms with Gasteiger partial charge in [0.2, 0.25) is 0 Å². The molecule has 0 atom stereocenters. The zero-order valence-corrected chi connectivity index (χ0v) is 11.5. The predicted molar refractivity (Wildman–Crippen MR) is 69.8 cm³/mol. The fourth-order valence-electron chi connectivity index (χ4n) is 1.99. The van der Waals surface area contributed by atoms with Crippen molar-refractivity contribution >= 4 is 0 Å². The van der Waals surface area contributed by atoms with Gasteiger partial charge < -0.3 is 4.74 Å². The summed E-state index contributed by atoms with van der Waals surface area (Å²) >= 11 is 0. The molecule has 1 aromatic carbocycles. The molecule has 0 N–H and O–H groups in total. The topological polar surface area (TPSA) is 9.23 Å². The van der Waals surface area contributed by atoms with E-state index in [0.717, 1.165) is 38.0 Å². The molecular weight excluding hydrogens is 253 g/mol. The molecule has 108 valence electrons. The molecule has 1 rings (SSSR count). The standard InChI is InChI=1S/C15H21F3O/c1-3-4-5-6-7-8-12-9-10-13(14(16)11-12)15(17,18)19-2/h9-11H,3-8H2,1-2H3. The number of rotatable bonds is 8. The van der Waals surface area contributed by atoms with Crippen molar-refractivity contribution in [3.05, 3.63) is 35.1 Å². The Morgan fingerprint density at radius 1 is 1.11 bits per heavy atom. The second-order valence-electron chi connectivity index (χ2n) is 4.70. The van der Waals surface area contributed by atoms with Crippen LogP contribution in [0.25, 0.3) is 0 Å². The summed E-state index contributed by atoms with van der Waals surface area (Å²) in [6.07, 6.45) is 2.75. The summed E-state index contributed by atoms with van der Waals surface area (Å²) in [6.45, 7) is 2.14. The minimum absolute atomic E-state index is 0.704. The lowest BCUT2D eigenvalue weighted by atomic mass is 10.0. The van der Waals surface area contributed by atoms with Gasteiger partial charge in [0.15, 0.2) is 0 Å². The number of methoxy groups -OCH3 is 1. The first-order valence-corrected chi connectivity index (χ1v) is 6.73. The number of ether oxygens (including phenoxy) is 1. The van der Waals surface area contributed by atoms with E-state index in [4.69, 9.17) is 0 Å². The van der Waals surface area contributed by atoms with Gasteiger partial charge in [-0.25, -0.2) is 4.39 Å². The number of hydrogen-bond acceptors (Lipinski definition) is 1. The van der Waals surface area contributed by atoms with E-state index in [0.29, 0.717) is 0 Å². The Kier molecular flexibility index (Phi) is 6.35. The van der Waals surface area contributed by atoms with Gasteiger partial charge in [-0.05, 0) is 30.5 Å². The van der Waals surface area contributed by atoms with Crippen LogP contribution >= 0.6 is 0 Å². The van der Waals surface area contributed by atoms with Crippen LogP contribution in [-0.2, 0) is 17.3 Å². The summed E-state index contributed by atoms with van der Waals surface area (Å²) in [5.74, 6) is -0.905. The molecule has 0 aliphatic rings. The second kappa shape index (κ2) is 7.53. The van der Waals surface area contributed by atoms with Crippen LogP contribution in [0.1, 0.15) is 50.2 Å². The molecule has 0 heterocycles. The first-order chi connectivity index (χ1) is 9.01. The van der Waals surface area contributed by atoms with Gasteiger partial charge in [0, 0.05) is 7.11 Å². The van der Waals surface area contributed by atoms with Gasteiger partial charge in [-0.1, -0.05) is 38.7 Å². The summed E-state index contributed by atoms with van der Waals surface area (Å²) in [7, 11) is 0.862. The van der Waals surface area contributed by atoms with Crippen LogP contribution in [-0.4, -0.2) is 7.11 Å². The average Bonchev–Trinajstić information content (AvgIpc) is 2.38. The number of hydrogen-bond donors (Lipinski definition) is 0. The molecule has 1 nitrogen and oxygen atoms in total. The van der Waals surface area contributed by atoms with E-state index in [9.17, 15) is 13.2 Å². The monoisotopic (exact) mass is 274 g/mol. The van der Waals surface area contributed by atoms with E-state index in [1.807, 2.05) is 0 Å². The highest BCUT2D eigenvalue weighted by Crippen LogP contribution is 2.31. The lowest BCUT2D eigenvalue weighted by molar-refractivity contribution is -0.233. The molecule has 0 saturated heterocycles. The molecule has 19 heavy (non-hydrogen) atoms. The smallest absolute Gasteiger partial charge is 0.320 e. The van der Waals surface area contributed by atoms with Crippen LogP contribution in [0.2, 0.25) is 0 Å². The zero-order valence-electron chi connectivity index (χ0n) is 11.5. The summed E-state index contributed by atoms with van der Waals surface area (Å²) in [4.78, 5) is 0. The van der Waals surface area contributed by atoms with Crippen molar-refractivity contribution in [2.75, 3.05) is 7.11 Å². The van der Waals surface area contributed by atoms with Crippen LogP contribution in [0.5, 0.6) is 0 Å². The van der Waals surface area contributed by atoms with Crippen molar-refractivity contribution < 1.29 is 17.9 Å². The normalized spacial score (nSPS) is 11.8. The third kappa shape index (κ3) is 4.86. The van der Waals surface area contributed by atoms with Gasteiger partial charge in [-0.15, -0.1) is 0 Å². The number of aryl methyl sites for hydroxylation is 1. The Balaban J connectivity index is 2.57. The Bertz CT molecular complexity index is 391. The first-order valence-electron chi connectivity index (χ1n) is 6.73. The number of benzene rings is 1. The fourth-order valence-corrected chi connectivity index (χ4v) is 1.99. The van der Waals surface area contributed by atoms with Crippen LogP contribution < -0.4 is 0 Å². The lowest BCUT2D eigenvalue weighted by Crippen LogP contribution is -2.17. The van der Waals surface area contributed by atoms with Crippen molar-refractivity contribution in [1.29, 1.82) is 0 Å². The third-order valence-electron chi connectivity index (χ3n) is 3.17. The molecule has 0 spiro atoms. The van der Waals surface area contributed by atoms with Gasteiger partial charge >= 0.3 is 6.11 Å². The maximum absolute atomic E-state index is 13.6. The first kappa shape index (κ1) is 16.0. The van der Waals surface area contributed by atoms with Gasteiger partial charge in [-0.2, -0.15) is 8.78 Å². The third-order valence-corrected chi connectivity index (χ3v) is 3.17. The molecule has 0 aliphatic heterocycles. The SMILES string of the molecule is CCCCCCCc1ccc(C(F)(F)OC)c(F)c1. The van der Waals surface area contributed by atoms with Crippen LogP contribution in [0.15, 0.2) is 18.2 Å². The Morgan fingerprint density at radius 2 is 1.79 bits per heavy atom. The Labute approximate surface area is 112 Å². The minimum atomic E-state index is -3.57. The second-order valence-corrected chi connectivity index (χ2v) is 4.70. The molecule has 0 amide bonds. The quantitative estimate of drug-likeness (QED) is 0.604. The van der Waals surface area contributed by atoms with E-state index >= 15 is 0 Å². The van der Waals surface area contributed by atoms with Crippen molar-refractivity contribution in [3.63, 3.8) is 0 Å². The minimum Gasteiger partial charge on any atom is -0.320 e. The lowest BCUT2D eigenvalue weighted by Gasteiger charge is -2.15. The highest BCUT2D eigenvalue weighted by Gasteiger charge is 2.34. The largest absolute Gasteiger partial charge is 0.385 e. The van der Waals surface area contributed by atoms with E-state index in [1.165, 1.54) is 25.3 Å². The van der Waals surface area contributed by atoms with E-state index in [-0.39, 0.29) is 0 Å².